The van der Waals surface area contributed by atoms with Crippen LogP contribution in [0.2, 0.25) is 0 Å². The van der Waals surface area contributed by atoms with E-state index in [1.54, 1.807) is 6.33 Å². The van der Waals surface area contributed by atoms with Crippen molar-refractivity contribution in [2.75, 3.05) is 25.1 Å². The van der Waals surface area contributed by atoms with Crippen LogP contribution in [0.1, 0.15) is 24.7 Å². The third kappa shape index (κ3) is 3.77. The molecule has 0 saturated carbocycles. The van der Waals surface area contributed by atoms with E-state index in [-0.39, 0.29) is 0 Å². The van der Waals surface area contributed by atoms with Crippen LogP contribution in [0.25, 0.3) is 5.82 Å². The molecule has 0 aliphatic rings. The minimum atomic E-state index is 0.760. The lowest BCUT2D eigenvalue weighted by molar-refractivity contribution is 0.147. The number of anilines is 1. The molecule has 2 heterocycles. The highest BCUT2D eigenvalue weighted by Crippen LogP contribution is 2.12. The third-order valence-corrected chi connectivity index (χ3v) is 2.85. The Morgan fingerprint density at radius 2 is 2.10 bits per heavy atom. The molecule has 2 aromatic heterocycles. The highest BCUT2D eigenvalue weighted by molar-refractivity contribution is 5.40. The van der Waals surface area contributed by atoms with Gasteiger partial charge in [0.05, 0.1) is 5.69 Å². The van der Waals surface area contributed by atoms with Crippen molar-refractivity contribution in [1.29, 1.82) is 0 Å². The summed E-state index contributed by atoms with van der Waals surface area (Å²) in [5, 5.41) is 7.69. The molecule has 0 amide bonds. The molecule has 6 heteroatoms. The molecule has 1 N–H and O–H groups in total. The lowest BCUT2D eigenvalue weighted by Crippen LogP contribution is -2.09. The summed E-state index contributed by atoms with van der Waals surface area (Å²) >= 11 is 0. The Kier molecular flexibility index (Phi) is 5.06. The monoisotopic (exact) mass is 275 g/mol. The van der Waals surface area contributed by atoms with Crippen LogP contribution in [0.4, 0.5) is 5.82 Å². The maximum atomic E-state index is 5.30. The van der Waals surface area contributed by atoms with E-state index in [0.717, 1.165) is 49.2 Å². The van der Waals surface area contributed by atoms with Crippen LogP contribution in [-0.2, 0) is 4.74 Å². The van der Waals surface area contributed by atoms with E-state index < -0.39 is 0 Å². The van der Waals surface area contributed by atoms with Crippen LogP contribution < -0.4 is 5.32 Å². The first-order valence-electron chi connectivity index (χ1n) is 6.88. The molecule has 0 spiro atoms. The minimum Gasteiger partial charge on any atom is -0.382 e. The van der Waals surface area contributed by atoms with E-state index in [1.165, 1.54) is 0 Å². The van der Waals surface area contributed by atoms with Crippen LogP contribution in [0.15, 0.2) is 18.5 Å². The lowest BCUT2D eigenvalue weighted by atomic mass is 10.4. The fourth-order valence-corrected chi connectivity index (χ4v) is 1.96. The molecule has 6 nitrogen and oxygen atoms in total. The van der Waals surface area contributed by atoms with Gasteiger partial charge in [0.1, 0.15) is 12.1 Å². The zero-order valence-electron chi connectivity index (χ0n) is 12.3. The van der Waals surface area contributed by atoms with Crippen LogP contribution in [0.3, 0.4) is 0 Å². The standard InChI is InChI=1S/C14H21N5O/c1-4-20-7-5-6-15-13-9-14(17-10-16-13)19-12(3)8-11(2)18-19/h8-10H,4-7H2,1-3H3,(H,15,16,17). The predicted octanol–water partition coefficient (Wildman–Crippen LogP) is 2.12. The SMILES string of the molecule is CCOCCCNc1cc(-n2nc(C)cc2C)ncn1. The molecule has 0 bridgehead atoms. The van der Waals surface area contributed by atoms with Gasteiger partial charge in [0.15, 0.2) is 5.82 Å². The molecule has 0 aromatic carbocycles. The smallest absolute Gasteiger partial charge is 0.159 e. The maximum Gasteiger partial charge on any atom is 0.159 e. The van der Waals surface area contributed by atoms with Gasteiger partial charge < -0.3 is 10.1 Å². The van der Waals surface area contributed by atoms with Gasteiger partial charge >= 0.3 is 0 Å². The van der Waals surface area contributed by atoms with Crippen molar-refractivity contribution in [2.24, 2.45) is 0 Å². The molecule has 20 heavy (non-hydrogen) atoms. The fraction of sp³-hybridized carbons (Fsp3) is 0.500. The van der Waals surface area contributed by atoms with Crippen LogP contribution in [-0.4, -0.2) is 39.5 Å². The van der Waals surface area contributed by atoms with Crippen molar-refractivity contribution in [3.8, 4) is 5.82 Å². The largest absolute Gasteiger partial charge is 0.382 e. The Labute approximate surface area is 119 Å². The molecule has 0 saturated heterocycles. The number of aromatic nitrogens is 4. The Bertz CT molecular complexity index is 552. The molecule has 0 atom stereocenters. The molecule has 0 aliphatic heterocycles. The Morgan fingerprint density at radius 1 is 1.25 bits per heavy atom. The van der Waals surface area contributed by atoms with E-state index in [9.17, 15) is 0 Å². The van der Waals surface area contributed by atoms with Gasteiger partial charge in [-0.2, -0.15) is 5.10 Å². The van der Waals surface area contributed by atoms with Crippen LogP contribution >= 0.6 is 0 Å². The number of hydrogen-bond acceptors (Lipinski definition) is 5. The zero-order chi connectivity index (χ0) is 14.4. The van der Waals surface area contributed by atoms with Gasteiger partial charge in [-0.15, -0.1) is 0 Å². The van der Waals surface area contributed by atoms with Crippen molar-refractivity contribution in [1.82, 2.24) is 19.7 Å². The molecule has 0 aliphatic carbocycles. The van der Waals surface area contributed by atoms with E-state index >= 15 is 0 Å². The van der Waals surface area contributed by atoms with E-state index in [1.807, 2.05) is 37.6 Å². The topological polar surface area (TPSA) is 64.9 Å². The van der Waals surface area contributed by atoms with Crippen molar-refractivity contribution < 1.29 is 4.74 Å². The molecule has 108 valence electrons. The summed E-state index contributed by atoms with van der Waals surface area (Å²) < 4.78 is 7.12. The Morgan fingerprint density at radius 3 is 2.80 bits per heavy atom. The fourth-order valence-electron chi connectivity index (χ4n) is 1.96. The summed E-state index contributed by atoms with van der Waals surface area (Å²) in [6.45, 7) is 8.33. The normalized spacial score (nSPS) is 10.8. The Balaban J connectivity index is 1.99. The maximum absolute atomic E-state index is 5.30. The quantitative estimate of drug-likeness (QED) is 0.784. The van der Waals surface area contributed by atoms with E-state index in [2.05, 4.69) is 20.4 Å². The average molecular weight is 275 g/mol. The molecule has 0 unspecified atom stereocenters. The van der Waals surface area contributed by atoms with Crippen molar-refractivity contribution in [3.63, 3.8) is 0 Å². The van der Waals surface area contributed by atoms with Gasteiger partial charge in [-0.1, -0.05) is 0 Å². The van der Waals surface area contributed by atoms with Crippen LogP contribution in [0, 0.1) is 13.8 Å². The first-order chi connectivity index (χ1) is 9.70. The van der Waals surface area contributed by atoms with Gasteiger partial charge in [-0.25, -0.2) is 14.6 Å². The van der Waals surface area contributed by atoms with Crippen molar-refractivity contribution in [3.05, 3.63) is 29.8 Å². The van der Waals surface area contributed by atoms with Crippen molar-refractivity contribution in [2.45, 2.75) is 27.2 Å². The van der Waals surface area contributed by atoms with E-state index in [4.69, 9.17) is 4.74 Å². The molecule has 0 fully saturated rings. The zero-order valence-corrected chi connectivity index (χ0v) is 12.3. The van der Waals surface area contributed by atoms with Gasteiger partial charge in [0.2, 0.25) is 0 Å². The lowest BCUT2D eigenvalue weighted by Gasteiger charge is -2.08. The predicted molar refractivity (Wildman–Crippen MR) is 78.2 cm³/mol. The summed E-state index contributed by atoms with van der Waals surface area (Å²) in [7, 11) is 0. The molecule has 0 radical (unpaired) electrons. The summed E-state index contributed by atoms with van der Waals surface area (Å²) in [6.07, 6.45) is 2.50. The average Bonchev–Trinajstić information content (AvgIpc) is 2.78. The number of aryl methyl sites for hydroxylation is 2. The van der Waals surface area contributed by atoms with Crippen LogP contribution in [0.5, 0.6) is 0 Å². The second-order valence-electron chi connectivity index (χ2n) is 4.58. The summed E-state index contributed by atoms with van der Waals surface area (Å²) in [5.74, 6) is 1.58. The number of nitrogens with zero attached hydrogens (tertiary/aromatic N) is 4. The molecular formula is C14H21N5O. The van der Waals surface area contributed by atoms with Crippen molar-refractivity contribution >= 4 is 5.82 Å². The van der Waals surface area contributed by atoms with E-state index in [0.29, 0.717) is 0 Å². The summed E-state index contributed by atoms with van der Waals surface area (Å²) in [6, 6.07) is 3.93. The summed E-state index contributed by atoms with van der Waals surface area (Å²) in [4.78, 5) is 8.48. The highest BCUT2D eigenvalue weighted by Gasteiger charge is 2.06. The van der Waals surface area contributed by atoms with Gasteiger partial charge in [-0.3, -0.25) is 0 Å². The number of nitrogens with one attached hydrogen (secondary N) is 1. The number of ether oxygens (including phenoxy) is 1. The first-order valence-corrected chi connectivity index (χ1v) is 6.88. The van der Waals surface area contributed by atoms with Gasteiger partial charge in [0.25, 0.3) is 0 Å². The third-order valence-electron chi connectivity index (χ3n) is 2.85. The summed E-state index contributed by atoms with van der Waals surface area (Å²) in [5.41, 5.74) is 2.04. The molecule has 2 rings (SSSR count). The second kappa shape index (κ2) is 7.00. The number of rotatable bonds is 7. The Hall–Kier alpha value is -1.95. The minimum absolute atomic E-state index is 0.760. The second-order valence-corrected chi connectivity index (χ2v) is 4.58. The van der Waals surface area contributed by atoms with Gasteiger partial charge in [-0.05, 0) is 33.3 Å². The highest BCUT2D eigenvalue weighted by atomic mass is 16.5. The molecular weight excluding hydrogens is 254 g/mol. The molecule has 2 aromatic rings. The number of hydrogen-bond donors (Lipinski definition) is 1. The van der Waals surface area contributed by atoms with Gasteiger partial charge in [0, 0.05) is 31.5 Å². The first kappa shape index (κ1) is 14.5.